The number of hydrogen-bond acceptors (Lipinski definition) is 6. The zero-order chi connectivity index (χ0) is 24.8. The number of piperazine rings is 1. The van der Waals surface area contributed by atoms with Gasteiger partial charge in [-0.1, -0.05) is 12.1 Å². The second kappa shape index (κ2) is 10.6. The number of alkyl halides is 3. The summed E-state index contributed by atoms with van der Waals surface area (Å²) in [5, 5.41) is 0. The van der Waals surface area contributed by atoms with Gasteiger partial charge in [-0.2, -0.15) is 13.2 Å². The van der Waals surface area contributed by atoms with E-state index in [1.165, 1.54) is 5.56 Å². The lowest BCUT2D eigenvalue weighted by Crippen LogP contribution is -2.49. The highest BCUT2D eigenvalue weighted by molar-refractivity contribution is 5.70. The van der Waals surface area contributed by atoms with Gasteiger partial charge < -0.3 is 19.1 Å². The van der Waals surface area contributed by atoms with Crippen LogP contribution in [0.4, 0.5) is 18.0 Å². The van der Waals surface area contributed by atoms with Gasteiger partial charge in [-0.15, -0.1) is 0 Å². The van der Waals surface area contributed by atoms with Gasteiger partial charge in [-0.25, -0.2) is 9.78 Å². The molecule has 184 valence electrons. The second-order valence-corrected chi connectivity index (χ2v) is 7.94. The summed E-state index contributed by atoms with van der Waals surface area (Å²) in [5.74, 6) is 1.53. The molecule has 0 spiro atoms. The molecule has 1 aliphatic heterocycles. The van der Waals surface area contributed by atoms with Gasteiger partial charge in [0.1, 0.15) is 17.2 Å². The first-order valence-corrected chi connectivity index (χ1v) is 10.9. The van der Waals surface area contributed by atoms with Crippen molar-refractivity contribution < 1.29 is 32.2 Å². The van der Waals surface area contributed by atoms with Gasteiger partial charge in [0.2, 0.25) is 5.88 Å². The highest BCUT2D eigenvalue weighted by Gasteiger charge is 2.30. The van der Waals surface area contributed by atoms with Gasteiger partial charge in [0.15, 0.2) is 0 Å². The Morgan fingerprint density at radius 2 is 1.51 bits per heavy atom. The van der Waals surface area contributed by atoms with Crippen LogP contribution in [0, 0.1) is 0 Å². The van der Waals surface area contributed by atoms with Crippen molar-refractivity contribution in [2.75, 3.05) is 33.3 Å². The van der Waals surface area contributed by atoms with E-state index in [1.54, 1.807) is 36.3 Å². The number of benzene rings is 2. The van der Waals surface area contributed by atoms with Crippen LogP contribution in [0.2, 0.25) is 0 Å². The van der Waals surface area contributed by atoms with Crippen LogP contribution in [0.5, 0.6) is 23.1 Å². The fourth-order valence-corrected chi connectivity index (χ4v) is 3.55. The predicted molar refractivity (Wildman–Crippen MR) is 122 cm³/mol. The largest absolute Gasteiger partial charge is 0.497 e. The number of rotatable bonds is 6. The lowest BCUT2D eigenvalue weighted by Gasteiger charge is -2.34. The molecule has 0 N–H and O–H groups in total. The van der Waals surface area contributed by atoms with E-state index >= 15 is 0 Å². The van der Waals surface area contributed by atoms with Crippen LogP contribution >= 0.6 is 0 Å². The maximum absolute atomic E-state index is 12.6. The summed E-state index contributed by atoms with van der Waals surface area (Å²) < 4.78 is 54.0. The molecule has 1 saturated heterocycles. The molecular formula is C25H24F3N3O4. The predicted octanol–water partition coefficient (Wildman–Crippen LogP) is 5.22. The first-order valence-electron chi connectivity index (χ1n) is 10.9. The molecule has 1 aromatic heterocycles. The summed E-state index contributed by atoms with van der Waals surface area (Å²) in [6.07, 6.45) is -4.19. The van der Waals surface area contributed by atoms with Gasteiger partial charge in [0.25, 0.3) is 0 Å². The number of methoxy groups -OCH3 is 1. The number of carbonyl (C=O) groups excluding carboxylic acids is 1. The van der Waals surface area contributed by atoms with E-state index in [1.807, 2.05) is 24.3 Å². The molecule has 0 unspecified atom stereocenters. The number of ether oxygens (including phenoxy) is 3. The summed E-state index contributed by atoms with van der Waals surface area (Å²) in [6.45, 7) is 3.36. The van der Waals surface area contributed by atoms with Crippen molar-refractivity contribution in [2.45, 2.75) is 12.7 Å². The molecule has 4 rings (SSSR count). The van der Waals surface area contributed by atoms with Crippen LogP contribution in [-0.4, -0.2) is 54.2 Å². The zero-order valence-corrected chi connectivity index (χ0v) is 19.0. The van der Waals surface area contributed by atoms with Crippen molar-refractivity contribution >= 4 is 6.09 Å². The Hall–Kier alpha value is -3.79. The summed E-state index contributed by atoms with van der Waals surface area (Å²) >= 11 is 0. The number of halogens is 3. The maximum Gasteiger partial charge on any atom is 0.417 e. The normalized spacial score (nSPS) is 14.5. The number of nitrogens with zero attached hydrogens (tertiary/aromatic N) is 3. The molecule has 10 heteroatoms. The first kappa shape index (κ1) is 24.3. The molecular weight excluding hydrogens is 463 g/mol. The van der Waals surface area contributed by atoms with E-state index in [-0.39, 0.29) is 5.88 Å². The third-order valence-electron chi connectivity index (χ3n) is 5.51. The van der Waals surface area contributed by atoms with E-state index in [0.29, 0.717) is 30.8 Å². The standard InChI is InChI=1S/C25H24F3N3O4/c1-33-20-5-2-18(3-6-20)17-30-12-14-31(15-13-30)24(32)35-22-9-7-21(8-10-22)34-23-11-4-19(16-29-23)25(26,27)28/h2-11,16H,12-15,17H2,1H3. The summed E-state index contributed by atoms with van der Waals surface area (Å²) in [4.78, 5) is 20.1. The Kier molecular flexibility index (Phi) is 7.40. The van der Waals surface area contributed by atoms with Crippen LogP contribution in [0.1, 0.15) is 11.1 Å². The average molecular weight is 487 g/mol. The number of carbonyl (C=O) groups is 1. The molecule has 1 fully saturated rings. The van der Waals surface area contributed by atoms with Crippen molar-refractivity contribution in [3.63, 3.8) is 0 Å². The first-order chi connectivity index (χ1) is 16.8. The van der Waals surface area contributed by atoms with Crippen molar-refractivity contribution in [2.24, 2.45) is 0 Å². The average Bonchev–Trinajstić information content (AvgIpc) is 2.86. The minimum absolute atomic E-state index is 0.0234. The Morgan fingerprint density at radius 1 is 0.886 bits per heavy atom. The number of hydrogen-bond donors (Lipinski definition) is 0. The lowest BCUT2D eigenvalue weighted by molar-refractivity contribution is -0.137. The number of amides is 1. The van der Waals surface area contributed by atoms with E-state index < -0.39 is 17.8 Å². The highest BCUT2D eigenvalue weighted by atomic mass is 19.4. The molecule has 35 heavy (non-hydrogen) atoms. The van der Waals surface area contributed by atoms with Crippen molar-refractivity contribution in [3.05, 3.63) is 78.0 Å². The van der Waals surface area contributed by atoms with Gasteiger partial charge in [-0.3, -0.25) is 4.90 Å². The highest BCUT2D eigenvalue weighted by Crippen LogP contribution is 2.30. The van der Waals surface area contributed by atoms with Gasteiger partial charge in [-0.05, 0) is 48.0 Å². The molecule has 2 aromatic carbocycles. The maximum atomic E-state index is 12.6. The van der Waals surface area contributed by atoms with E-state index in [4.69, 9.17) is 14.2 Å². The van der Waals surface area contributed by atoms with Gasteiger partial charge in [0, 0.05) is 45.0 Å². The van der Waals surface area contributed by atoms with Crippen LogP contribution in [0.25, 0.3) is 0 Å². The van der Waals surface area contributed by atoms with Crippen LogP contribution in [0.15, 0.2) is 66.9 Å². The quantitative estimate of drug-likeness (QED) is 0.475. The lowest BCUT2D eigenvalue weighted by atomic mass is 10.2. The fourth-order valence-electron chi connectivity index (χ4n) is 3.55. The van der Waals surface area contributed by atoms with E-state index in [2.05, 4.69) is 9.88 Å². The minimum Gasteiger partial charge on any atom is -0.497 e. The Bertz CT molecular complexity index is 1110. The Balaban J connectivity index is 1.24. The zero-order valence-electron chi connectivity index (χ0n) is 19.0. The second-order valence-electron chi connectivity index (χ2n) is 7.94. The molecule has 0 atom stereocenters. The third-order valence-corrected chi connectivity index (χ3v) is 5.51. The van der Waals surface area contributed by atoms with Gasteiger partial charge in [0.05, 0.1) is 12.7 Å². The topological polar surface area (TPSA) is 64.1 Å². The Labute approximate surface area is 200 Å². The molecule has 0 saturated carbocycles. The molecule has 1 aliphatic rings. The molecule has 0 radical (unpaired) electrons. The minimum atomic E-state index is -4.46. The molecule has 0 aliphatic carbocycles. The molecule has 7 nitrogen and oxygen atoms in total. The van der Waals surface area contributed by atoms with Crippen molar-refractivity contribution in [1.82, 2.24) is 14.8 Å². The van der Waals surface area contributed by atoms with Crippen LogP contribution in [-0.2, 0) is 12.7 Å². The monoisotopic (exact) mass is 487 g/mol. The summed E-state index contributed by atoms with van der Waals surface area (Å²) in [7, 11) is 1.64. The number of pyridine rings is 1. The van der Waals surface area contributed by atoms with Crippen LogP contribution < -0.4 is 14.2 Å². The fraction of sp³-hybridized carbons (Fsp3) is 0.280. The third kappa shape index (κ3) is 6.63. The SMILES string of the molecule is COc1ccc(CN2CCN(C(=O)Oc3ccc(Oc4ccc(C(F)(F)F)cn4)cc3)CC2)cc1. The van der Waals surface area contributed by atoms with Crippen molar-refractivity contribution in [1.29, 1.82) is 0 Å². The van der Waals surface area contributed by atoms with Crippen molar-refractivity contribution in [3.8, 4) is 23.1 Å². The summed E-state index contributed by atoms with van der Waals surface area (Å²) in [5.41, 5.74) is 0.323. The number of aromatic nitrogens is 1. The molecule has 2 heterocycles. The summed E-state index contributed by atoms with van der Waals surface area (Å²) in [6, 6.07) is 16.2. The van der Waals surface area contributed by atoms with Crippen LogP contribution in [0.3, 0.4) is 0 Å². The Morgan fingerprint density at radius 3 is 2.09 bits per heavy atom. The molecule has 1 amide bonds. The van der Waals surface area contributed by atoms with Gasteiger partial charge >= 0.3 is 12.3 Å². The van der Waals surface area contributed by atoms with E-state index in [0.717, 1.165) is 37.5 Å². The molecule has 0 bridgehead atoms. The van der Waals surface area contributed by atoms with E-state index in [9.17, 15) is 18.0 Å². The molecule has 3 aromatic rings. The smallest absolute Gasteiger partial charge is 0.417 e.